The zero-order valence-electron chi connectivity index (χ0n) is 15.7. The van der Waals surface area contributed by atoms with Crippen molar-refractivity contribution in [3.05, 3.63) is 42.2 Å². The van der Waals surface area contributed by atoms with E-state index in [2.05, 4.69) is 39.4 Å². The molecule has 3 N–H and O–H groups in total. The van der Waals surface area contributed by atoms with Crippen LogP contribution in [0.4, 0.5) is 19.1 Å². The monoisotopic (exact) mass is 389 g/mol. The van der Waals surface area contributed by atoms with Crippen LogP contribution in [0.5, 0.6) is 0 Å². The molecular weight excluding hydrogens is 367 g/mol. The zero-order valence-corrected chi connectivity index (χ0v) is 15.7. The van der Waals surface area contributed by atoms with Gasteiger partial charge in [-0.05, 0) is 32.8 Å². The van der Waals surface area contributed by atoms with Crippen LogP contribution in [0.25, 0.3) is 22.2 Å². The number of hydrogen-bond acceptors (Lipinski definition) is 4. The Kier molecular flexibility index (Phi) is 4.53. The normalized spacial score (nSPS) is 19.7. The molecule has 148 valence electrons. The molecule has 0 radical (unpaired) electrons. The van der Waals surface area contributed by atoms with E-state index in [1.807, 2.05) is 12.1 Å². The number of hydrogen-bond donors (Lipinski definition) is 3. The summed E-state index contributed by atoms with van der Waals surface area (Å²) in [5, 5.41) is 7.31. The Morgan fingerprint density at radius 3 is 2.71 bits per heavy atom. The maximum atomic E-state index is 13.6. The summed E-state index contributed by atoms with van der Waals surface area (Å²) in [5.74, 6) is 0.208. The SMILES string of the molecule is CC1(C)CC[C@H](Nc2ncc(C(F)(F)F)c(-c3c[nH]c4ccccc34)n2)CN1. The first-order valence-corrected chi connectivity index (χ1v) is 9.25. The van der Waals surface area contributed by atoms with Crippen LogP contribution in [-0.2, 0) is 6.18 Å². The van der Waals surface area contributed by atoms with Crippen LogP contribution in [-0.4, -0.2) is 33.1 Å². The average molecular weight is 389 g/mol. The van der Waals surface area contributed by atoms with E-state index < -0.39 is 11.7 Å². The van der Waals surface area contributed by atoms with E-state index in [4.69, 9.17) is 0 Å². The number of piperidine rings is 1. The van der Waals surface area contributed by atoms with Crippen LogP contribution in [0.3, 0.4) is 0 Å². The fraction of sp³-hybridized carbons (Fsp3) is 0.400. The number of nitrogens with one attached hydrogen (secondary N) is 3. The largest absolute Gasteiger partial charge is 0.419 e. The quantitative estimate of drug-likeness (QED) is 0.613. The van der Waals surface area contributed by atoms with E-state index in [1.54, 1.807) is 18.3 Å². The lowest BCUT2D eigenvalue weighted by Crippen LogP contribution is -2.50. The molecule has 1 atom stereocenters. The van der Waals surface area contributed by atoms with Gasteiger partial charge in [0.05, 0.1) is 5.69 Å². The van der Waals surface area contributed by atoms with Crippen molar-refractivity contribution in [3.8, 4) is 11.3 Å². The fourth-order valence-electron chi connectivity index (χ4n) is 3.56. The van der Waals surface area contributed by atoms with Gasteiger partial charge in [0, 0.05) is 47.0 Å². The molecule has 1 fully saturated rings. The van der Waals surface area contributed by atoms with Crippen LogP contribution in [0.1, 0.15) is 32.3 Å². The minimum absolute atomic E-state index is 0.0639. The number of alkyl halides is 3. The predicted molar refractivity (Wildman–Crippen MR) is 103 cm³/mol. The summed E-state index contributed by atoms with van der Waals surface area (Å²) in [4.78, 5) is 11.2. The predicted octanol–water partition coefficient (Wildman–Crippen LogP) is 4.59. The highest BCUT2D eigenvalue weighted by molar-refractivity contribution is 5.95. The van der Waals surface area contributed by atoms with Crippen molar-refractivity contribution in [2.75, 3.05) is 11.9 Å². The van der Waals surface area contributed by atoms with Crippen molar-refractivity contribution in [2.24, 2.45) is 0 Å². The molecule has 0 amide bonds. The van der Waals surface area contributed by atoms with Gasteiger partial charge in [-0.2, -0.15) is 13.2 Å². The second kappa shape index (κ2) is 6.77. The summed E-state index contributed by atoms with van der Waals surface area (Å²) in [7, 11) is 0. The molecule has 0 aliphatic carbocycles. The zero-order chi connectivity index (χ0) is 19.9. The van der Waals surface area contributed by atoms with Gasteiger partial charge in [0.2, 0.25) is 5.95 Å². The molecule has 3 aromatic rings. The lowest BCUT2D eigenvalue weighted by atomic mass is 9.91. The van der Waals surface area contributed by atoms with Crippen molar-refractivity contribution >= 4 is 16.9 Å². The molecule has 0 spiro atoms. The Labute approximate surface area is 160 Å². The summed E-state index contributed by atoms with van der Waals surface area (Å²) < 4.78 is 40.8. The summed E-state index contributed by atoms with van der Waals surface area (Å²) >= 11 is 0. The van der Waals surface area contributed by atoms with Crippen molar-refractivity contribution in [3.63, 3.8) is 0 Å². The Morgan fingerprint density at radius 1 is 1.21 bits per heavy atom. The van der Waals surface area contributed by atoms with Gasteiger partial charge in [-0.25, -0.2) is 9.97 Å². The van der Waals surface area contributed by atoms with Crippen LogP contribution in [0.2, 0.25) is 0 Å². The number of rotatable bonds is 3. The first-order chi connectivity index (χ1) is 13.2. The summed E-state index contributed by atoms with van der Waals surface area (Å²) in [5.41, 5.74) is 0.278. The standard InChI is InChI=1S/C20H22F3N5/c1-19(2)8-7-12(9-26-19)27-18-25-11-15(20(21,22)23)17(28-18)14-10-24-16-6-4-3-5-13(14)16/h3-6,10-12,24,26H,7-9H2,1-2H3,(H,25,27,28)/t12-/m0/s1. The third-order valence-corrected chi connectivity index (χ3v) is 5.22. The molecule has 4 rings (SSSR count). The number of aromatic amines is 1. The molecule has 0 bridgehead atoms. The van der Waals surface area contributed by atoms with E-state index in [-0.39, 0.29) is 23.2 Å². The van der Waals surface area contributed by atoms with Gasteiger partial charge in [-0.15, -0.1) is 0 Å². The Balaban J connectivity index is 1.71. The Hall–Kier alpha value is -2.61. The topological polar surface area (TPSA) is 65.6 Å². The van der Waals surface area contributed by atoms with Crippen molar-refractivity contribution in [1.29, 1.82) is 0 Å². The van der Waals surface area contributed by atoms with Gasteiger partial charge in [-0.3, -0.25) is 0 Å². The van der Waals surface area contributed by atoms with Gasteiger partial charge < -0.3 is 15.6 Å². The highest BCUT2D eigenvalue weighted by Crippen LogP contribution is 2.38. The Bertz CT molecular complexity index is 983. The highest BCUT2D eigenvalue weighted by atomic mass is 19.4. The lowest BCUT2D eigenvalue weighted by molar-refractivity contribution is -0.137. The minimum atomic E-state index is -4.54. The number of nitrogens with zero attached hydrogens (tertiary/aromatic N) is 2. The van der Waals surface area contributed by atoms with Crippen LogP contribution >= 0.6 is 0 Å². The number of fused-ring (bicyclic) bond motifs is 1. The molecule has 3 heterocycles. The number of para-hydroxylation sites is 1. The third-order valence-electron chi connectivity index (χ3n) is 5.22. The second-order valence-electron chi connectivity index (χ2n) is 7.85. The van der Waals surface area contributed by atoms with E-state index in [1.165, 1.54) is 0 Å². The summed E-state index contributed by atoms with van der Waals surface area (Å²) in [6.45, 7) is 4.97. The Morgan fingerprint density at radius 2 is 2.00 bits per heavy atom. The second-order valence-corrected chi connectivity index (χ2v) is 7.85. The molecule has 1 aromatic carbocycles. The van der Waals surface area contributed by atoms with Gasteiger partial charge in [-0.1, -0.05) is 18.2 Å². The first kappa shape index (κ1) is 18.7. The maximum Gasteiger partial charge on any atom is 0.419 e. The van der Waals surface area contributed by atoms with Gasteiger partial charge >= 0.3 is 6.18 Å². The number of aromatic nitrogens is 3. The highest BCUT2D eigenvalue weighted by Gasteiger charge is 2.36. The number of anilines is 1. The summed E-state index contributed by atoms with van der Waals surface area (Å²) in [6, 6.07) is 7.30. The number of halogens is 3. The van der Waals surface area contributed by atoms with E-state index in [0.29, 0.717) is 17.5 Å². The van der Waals surface area contributed by atoms with Crippen molar-refractivity contribution in [2.45, 2.75) is 44.4 Å². The molecule has 2 aromatic heterocycles. The molecule has 8 heteroatoms. The van der Waals surface area contributed by atoms with E-state index in [0.717, 1.165) is 24.6 Å². The van der Waals surface area contributed by atoms with Crippen LogP contribution in [0, 0.1) is 0 Å². The smallest absolute Gasteiger partial charge is 0.360 e. The average Bonchev–Trinajstić information content (AvgIpc) is 3.06. The molecule has 1 aliphatic heterocycles. The number of H-pyrrole nitrogens is 1. The van der Waals surface area contributed by atoms with Crippen LogP contribution in [0.15, 0.2) is 36.7 Å². The van der Waals surface area contributed by atoms with Crippen molar-refractivity contribution < 1.29 is 13.2 Å². The number of benzene rings is 1. The minimum Gasteiger partial charge on any atom is -0.360 e. The molecule has 0 saturated carbocycles. The first-order valence-electron chi connectivity index (χ1n) is 9.25. The van der Waals surface area contributed by atoms with Crippen LogP contribution < -0.4 is 10.6 Å². The van der Waals surface area contributed by atoms with Gasteiger partial charge in [0.25, 0.3) is 0 Å². The fourth-order valence-corrected chi connectivity index (χ4v) is 3.56. The molecule has 5 nitrogen and oxygen atoms in total. The van der Waals surface area contributed by atoms with Gasteiger partial charge in [0.1, 0.15) is 5.56 Å². The molecular formula is C20H22F3N5. The van der Waals surface area contributed by atoms with E-state index in [9.17, 15) is 13.2 Å². The third kappa shape index (κ3) is 3.69. The van der Waals surface area contributed by atoms with Gasteiger partial charge in [0.15, 0.2) is 0 Å². The molecule has 0 unspecified atom stereocenters. The lowest BCUT2D eigenvalue weighted by Gasteiger charge is -2.36. The molecule has 28 heavy (non-hydrogen) atoms. The molecule has 1 aliphatic rings. The maximum absolute atomic E-state index is 13.6. The van der Waals surface area contributed by atoms with E-state index >= 15 is 0 Å². The summed E-state index contributed by atoms with van der Waals surface area (Å²) in [6.07, 6.45) is -0.251. The van der Waals surface area contributed by atoms with Crippen molar-refractivity contribution in [1.82, 2.24) is 20.3 Å². The molecule has 1 saturated heterocycles.